The average Bonchev–Trinajstić information content (AvgIpc) is 3.40. The molecule has 0 aliphatic heterocycles. The zero-order valence-electron chi connectivity index (χ0n) is 13.1. The molecule has 1 aliphatic carbocycles. The van der Waals surface area contributed by atoms with Crippen molar-refractivity contribution in [1.29, 1.82) is 0 Å². The molecule has 1 heterocycles. The van der Waals surface area contributed by atoms with Gasteiger partial charge in [-0.25, -0.2) is 0 Å². The summed E-state index contributed by atoms with van der Waals surface area (Å²) in [6, 6.07) is 12.8. The van der Waals surface area contributed by atoms with Crippen molar-refractivity contribution in [2.75, 3.05) is 6.54 Å². The number of aromatic nitrogens is 1. The minimum Gasteiger partial charge on any atom is -0.345 e. The van der Waals surface area contributed by atoms with E-state index in [9.17, 15) is 9.59 Å². The van der Waals surface area contributed by atoms with Crippen molar-refractivity contribution in [2.45, 2.75) is 25.3 Å². The molecule has 1 aromatic carbocycles. The summed E-state index contributed by atoms with van der Waals surface area (Å²) in [7, 11) is 0. The quantitative estimate of drug-likeness (QED) is 0.788. The highest BCUT2D eigenvalue weighted by Gasteiger charge is 2.41. The van der Waals surface area contributed by atoms with Gasteiger partial charge in [0.1, 0.15) is 5.56 Å². The lowest BCUT2D eigenvalue weighted by atomic mass is 9.95. The Labute approximate surface area is 134 Å². The van der Waals surface area contributed by atoms with E-state index >= 15 is 0 Å². The molecule has 1 aliphatic rings. The Morgan fingerprint density at radius 3 is 2.52 bits per heavy atom. The molecule has 1 saturated carbocycles. The van der Waals surface area contributed by atoms with Crippen LogP contribution in [0, 0.1) is 5.92 Å². The van der Waals surface area contributed by atoms with Gasteiger partial charge in [-0.1, -0.05) is 30.3 Å². The highest BCUT2D eigenvalue weighted by Crippen LogP contribution is 2.39. The molecule has 0 radical (unpaired) electrons. The van der Waals surface area contributed by atoms with Crippen molar-refractivity contribution in [2.24, 2.45) is 11.7 Å². The number of nitrogens with one attached hydrogen (secondary N) is 2. The van der Waals surface area contributed by atoms with Crippen LogP contribution in [0.1, 0.15) is 30.1 Å². The third kappa shape index (κ3) is 3.19. The van der Waals surface area contributed by atoms with E-state index in [1.54, 1.807) is 12.1 Å². The fourth-order valence-electron chi connectivity index (χ4n) is 2.81. The predicted molar refractivity (Wildman–Crippen MR) is 90.1 cm³/mol. The molecule has 1 fully saturated rings. The molecule has 1 amide bonds. The number of hydrogen-bond acceptors (Lipinski definition) is 3. The summed E-state index contributed by atoms with van der Waals surface area (Å²) in [5, 5.41) is 2.94. The summed E-state index contributed by atoms with van der Waals surface area (Å²) < 4.78 is 0. The van der Waals surface area contributed by atoms with Gasteiger partial charge in [0.05, 0.1) is 5.54 Å². The van der Waals surface area contributed by atoms with E-state index in [0.29, 0.717) is 18.2 Å². The number of nitrogens with two attached hydrogens (primary N) is 1. The SMILES string of the molecule is CC(CN)(NC(=O)c1ccc(-c2ccccc2)[nH]c1=O)C1CC1. The van der Waals surface area contributed by atoms with E-state index in [4.69, 9.17) is 5.73 Å². The third-order valence-electron chi connectivity index (χ3n) is 4.54. The van der Waals surface area contributed by atoms with Crippen LogP contribution in [0.5, 0.6) is 0 Å². The van der Waals surface area contributed by atoms with Crippen LogP contribution >= 0.6 is 0 Å². The minimum absolute atomic E-state index is 0.116. The van der Waals surface area contributed by atoms with Crippen LogP contribution in [0.25, 0.3) is 11.3 Å². The number of carbonyl (C=O) groups excluding carboxylic acids is 1. The lowest BCUT2D eigenvalue weighted by Crippen LogP contribution is -2.53. The molecule has 0 bridgehead atoms. The molecule has 4 N–H and O–H groups in total. The monoisotopic (exact) mass is 311 g/mol. The first-order valence-electron chi connectivity index (χ1n) is 7.85. The maximum atomic E-state index is 12.4. The Bertz CT molecular complexity index is 765. The Morgan fingerprint density at radius 1 is 1.26 bits per heavy atom. The normalized spacial score (nSPS) is 16.6. The number of benzene rings is 1. The molecular weight excluding hydrogens is 290 g/mol. The predicted octanol–water partition coefficient (Wildman–Crippen LogP) is 1.90. The van der Waals surface area contributed by atoms with Crippen LogP contribution in [0.2, 0.25) is 0 Å². The van der Waals surface area contributed by atoms with Crippen LogP contribution in [0.3, 0.4) is 0 Å². The number of hydrogen-bond donors (Lipinski definition) is 3. The van der Waals surface area contributed by atoms with E-state index in [-0.39, 0.29) is 17.0 Å². The second-order valence-electron chi connectivity index (χ2n) is 6.33. The number of rotatable bonds is 5. The molecule has 1 atom stereocenters. The summed E-state index contributed by atoms with van der Waals surface area (Å²) in [6.45, 7) is 2.30. The molecular formula is C18H21N3O2. The highest BCUT2D eigenvalue weighted by atomic mass is 16.2. The Kier molecular flexibility index (Phi) is 4.05. The van der Waals surface area contributed by atoms with Gasteiger partial charge in [0.25, 0.3) is 11.5 Å². The molecule has 5 nitrogen and oxygen atoms in total. The first kappa shape index (κ1) is 15.5. The van der Waals surface area contributed by atoms with E-state index in [1.165, 1.54) is 0 Å². The van der Waals surface area contributed by atoms with Gasteiger partial charge in [-0.2, -0.15) is 0 Å². The molecule has 3 rings (SSSR count). The number of amides is 1. The highest BCUT2D eigenvalue weighted by molar-refractivity contribution is 5.94. The molecule has 120 valence electrons. The van der Waals surface area contributed by atoms with Gasteiger partial charge >= 0.3 is 0 Å². The number of pyridine rings is 1. The van der Waals surface area contributed by atoms with Gasteiger partial charge in [0, 0.05) is 12.2 Å². The fourth-order valence-corrected chi connectivity index (χ4v) is 2.81. The van der Waals surface area contributed by atoms with Crippen LogP contribution in [0.15, 0.2) is 47.3 Å². The van der Waals surface area contributed by atoms with Crippen molar-refractivity contribution in [3.8, 4) is 11.3 Å². The Balaban J connectivity index is 1.83. The lowest BCUT2D eigenvalue weighted by molar-refractivity contribution is 0.0896. The van der Waals surface area contributed by atoms with Crippen molar-refractivity contribution >= 4 is 5.91 Å². The summed E-state index contributed by atoms with van der Waals surface area (Å²) >= 11 is 0. The molecule has 2 aromatic rings. The average molecular weight is 311 g/mol. The lowest BCUT2D eigenvalue weighted by Gasteiger charge is -2.29. The second kappa shape index (κ2) is 6.01. The number of aromatic amines is 1. The minimum atomic E-state index is -0.443. The van der Waals surface area contributed by atoms with Crippen LogP contribution < -0.4 is 16.6 Å². The zero-order valence-corrected chi connectivity index (χ0v) is 13.1. The number of carbonyl (C=O) groups is 1. The smallest absolute Gasteiger partial charge is 0.261 e. The maximum Gasteiger partial charge on any atom is 0.261 e. The topological polar surface area (TPSA) is 88.0 Å². The van der Waals surface area contributed by atoms with Crippen LogP contribution in [-0.4, -0.2) is 23.0 Å². The largest absolute Gasteiger partial charge is 0.345 e. The van der Waals surface area contributed by atoms with Gasteiger partial charge in [0.15, 0.2) is 0 Å². The first-order valence-corrected chi connectivity index (χ1v) is 7.85. The molecule has 0 spiro atoms. The zero-order chi connectivity index (χ0) is 16.4. The van der Waals surface area contributed by atoms with E-state index in [0.717, 1.165) is 18.4 Å². The van der Waals surface area contributed by atoms with Gasteiger partial charge in [-0.05, 0) is 43.4 Å². The summed E-state index contributed by atoms with van der Waals surface area (Å²) in [5.41, 5.74) is 6.69. The molecule has 1 aromatic heterocycles. The summed E-state index contributed by atoms with van der Waals surface area (Å²) in [4.78, 5) is 27.5. The Hall–Kier alpha value is -2.40. The molecule has 0 saturated heterocycles. The van der Waals surface area contributed by atoms with Gasteiger partial charge < -0.3 is 16.0 Å². The maximum absolute atomic E-state index is 12.4. The summed E-state index contributed by atoms with van der Waals surface area (Å²) in [5.74, 6) is 0.0323. The van der Waals surface area contributed by atoms with Gasteiger partial charge in [0.2, 0.25) is 0 Å². The molecule has 5 heteroatoms. The van der Waals surface area contributed by atoms with Crippen molar-refractivity contribution in [3.63, 3.8) is 0 Å². The molecule has 23 heavy (non-hydrogen) atoms. The second-order valence-corrected chi connectivity index (χ2v) is 6.33. The van der Waals surface area contributed by atoms with Crippen LogP contribution in [0.4, 0.5) is 0 Å². The van der Waals surface area contributed by atoms with Crippen LogP contribution in [-0.2, 0) is 0 Å². The van der Waals surface area contributed by atoms with Crippen molar-refractivity contribution in [3.05, 3.63) is 58.4 Å². The molecule has 1 unspecified atom stereocenters. The number of H-pyrrole nitrogens is 1. The van der Waals surface area contributed by atoms with Gasteiger partial charge in [-0.3, -0.25) is 9.59 Å². The fraction of sp³-hybridized carbons (Fsp3) is 0.333. The third-order valence-corrected chi connectivity index (χ3v) is 4.54. The van der Waals surface area contributed by atoms with E-state index in [2.05, 4.69) is 10.3 Å². The van der Waals surface area contributed by atoms with E-state index < -0.39 is 5.54 Å². The first-order chi connectivity index (χ1) is 11.0. The van der Waals surface area contributed by atoms with Crippen molar-refractivity contribution in [1.82, 2.24) is 10.3 Å². The van der Waals surface area contributed by atoms with E-state index in [1.807, 2.05) is 37.3 Å². The standard InChI is InChI=1S/C18H21N3O2/c1-18(11-19,13-7-8-13)21-17(23)14-9-10-15(20-16(14)22)12-5-3-2-4-6-12/h2-6,9-10,13H,7-8,11,19H2,1H3,(H,20,22)(H,21,23). The Morgan fingerprint density at radius 2 is 1.96 bits per heavy atom. The summed E-state index contributed by atoms with van der Waals surface area (Å²) in [6.07, 6.45) is 2.13. The van der Waals surface area contributed by atoms with Gasteiger partial charge in [-0.15, -0.1) is 0 Å². The van der Waals surface area contributed by atoms with Crippen molar-refractivity contribution < 1.29 is 4.79 Å².